The van der Waals surface area contributed by atoms with Crippen molar-refractivity contribution in [2.24, 2.45) is 0 Å². The van der Waals surface area contributed by atoms with E-state index in [1.54, 1.807) is 24.5 Å². The van der Waals surface area contributed by atoms with Crippen LogP contribution < -0.4 is 0 Å². The molecule has 2 heterocycles. The lowest BCUT2D eigenvalue weighted by Crippen LogP contribution is -1.97. The minimum Gasteiger partial charge on any atom is -0.294 e. The lowest BCUT2D eigenvalue weighted by molar-refractivity contribution is 0.0981. The van der Waals surface area contributed by atoms with E-state index in [2.05, 4.69) is 16.0 Å². The first kappa shape index (κ1) is 15.0. The summed E-state index contributed by atoms with van der Waals surface area (Å²) in [5.41, 5.74) is 3.01. The van der Waals surface area contributed by atoms with Gasteiger partial charge in [-0.25, -0.2) is 0 Å². The van der Waals surface area contributed by atoms with Crippen molar-refractivity contribution in [1.82, 2.24) is 9.97 Å². The number of carbonyl (C=O) groups excluding carboxylic acids is 1. The van der Waals surface area contributed by atoms with E-state index < -0.39 is 0 Å². The molecule has 0 N–H and O–H groups in total. The highest BCUT2D eigenvalue weighted by Crippen LogP contribution is 2.02. The summed E-state index contributed by atoms with van der Waals surface area (Å²) in [5.74, 6) is 0.181. The van der Waals surface area contributed by atoms with Gasteiger partial charge in [0, 0.05) is 36.3 Å². The summed E-state index contributed by atoms with van der Waals surface area (Å²) in [5, 5.41) is 0. The Labute approximate surface area is 114 Å². The zero-order valence-electron chi connectivity index (χ0n) is 11.8. The molecule has 0 atom stereocenters. The van der Waals surface area contributed by atoms with Crippen LogP contribution in [0.15, 0.2) is 42.9 Å². The highest BCUT2D eigenvalue weighted by atomic mass is 16.1. The minimum absolute atomic E-state index is 0.181. The van der Waals surface area contributed by atoms with Crippen molar-refractivity contribution in [3.8, 4) is 0 Å². The van der Waals surface area contributed by atoms with Gasteiger partial charge in [0.25, 0.3) is 0 Å². The van der Waals surface area contributed by atoms with Gasteiger partial charge in [0.05, 0.1) is 0 Å². The third kappa shape index (κ3) is 5.91. The molecule has 0 aliphatic carbocycles. The molecule has 0 amide bonds. The lowest BCUT2D eigenvalue weighted by Gasteiger charge is -1.95. The summed E-state index contributed by atoms with van der Waals surface area (Å²) in [6.07, 6.45) is 6.66. The maximum atomic E-state index is 11.2. The molecule has 3 heteroatoms. The van der Waals surface area contributed by atoms with Crippen LogP contribution in [0.5, 0.6) is 0 Å². The van der Waals surface area contributed by atoms with E-state index in [1.807, 2.05) is 33.0 Å². The molecule has 0 aliphatic rings. The molecule has 0 fully saturated rings. The molecule has 100 valence electrons. The third-order valence-electron chi connectivity index (χ3n) is 2.52. The number of nitrogens with zero attached hydrogens (tertiary/aromatic N) is 2. The molecule has 0 aromatic carbocycles. The van der Waals surface area contributed by atoms with E-state index >= 15 is 0 Å². The fourth-order valence-electron chi connectivity index (χ4n) is 1.44. The van der Waals surface area contributed by atoms with Gasteiger partial charge in [-0.05, 0) is 44.0 Å². The number of rotatable bonds is 3. The number of carbonyl (C=O) groups is 1. The predicted molar refractivity (Wildman–Crippen MR) is 77.2 cm³/mol. The average Bonchev–Trinajstić information content (AvgIpc) is 2.44. The van der Waals surface area contributed by atoms with Gasteiger partial charge >= 0.3 is 0 Å². The highest BCUT2D eigenvalue weighted by Gasteiger charge is 2.01. The molecule has 0 bridgehead atoms. The van der Waals surface area contributed by atoms with Gasteiger partial charge in [-0.15, -0.1) is 0 Å². The number of Topliss-reactive ketones (excluding diaryl/α,β-unsaturated/α-hetero) is 1. The second kappa shape index (κ2) is 8.14. The van der Waals surface area contributed by atoms with Gasteiger partial charge in [-0.3, -0.25) is 14.8 Å². The highest BCUT2D eigenvalue weighted by molar-refractivity contribution is 5.95. The summed E-state index contributed by atoms with van der Waals surface area (Å²) >= 11 is 0. The van der Waals surface area contributed by atoms with Crippen molar-refractivity contribution in [3.63, 3.8) is 0 Å². The zero-order chi connectivity index (χ0) is 14.1. The summed E-state index contributed by atoms with van der Waals surface area (Å²) in [6, 6.07) is 7.64. The van der Waals surface area contributed by atoms with Gasteiger partial charge in [0.1, 0.15) is 0 Å². The van der Waals surface area contributed by atoms with E-state index in [-0.39, 0.29) is 5.78 Å². The van der Waals surface area contributed by atoms with E-state index in [1.165, 1.54) is 5.56 Å². The van der Waals surface area contributed by atoms with Crippen LogP contribution in [0.1, 0.15) is 41.4 Å². The molecule has 0 radical (unpaired) electrons. The number of hydrogen-bond acceptors (Lipinski definition) is 3. The maximum absolute atomic E-state index is 11.2. The first-order valence-corrected chi connectivity index (χ1v) is 6.46. The van der Waals surface area contributed by atoms with E-state index in [0.717, 1.165) is 12.1 Å². The summed E-state index contributed by atoms with van der Waals surface area (Å²) < 4.78 is 0. The Morgan fingerprint density at radius 3 is 2.42 bits per heavy atom. The molecule has 0 saturated carbocycles. The summed E-state index contributed by atoms with van der Waals surface area (Å²) in [6.45, 7) is 6.01. The minimum atomic E-state index is 0.181. The van der Waals surface area contributed by atoms with Crippen molar-refractivity contribution < 1.29 is 4.79 Å². The molecule has 3 nitrogen and oxygen atoms in total. The Bertz CT molecular complexity index is 471. The van der Waals surface area contributed by atoms with Crippen LogP contribution in [-0.4, -0.2) is 15.8 Å². The smallest absolute Gasteiger partial charge is 0.164 e. The molecule has 0 saturated heterocycles. The number of aromatic nitrogens is 2. The number of hydrogen-bond donors (Lipinski definition) is 0. The zero-order valence-corrected chi connectivity index (χ0v) is 11.8. The topological polar surface area (TPSA) is 42.9 Å². The fraction of sp³-hybridized carbons (Fsp3) is 0.312. The quantitative estimate of drug-likeness (QED) is 0.785. The molecule has 2 rings (SSSR count). The maximum Gasteiger partial charge on any atom is 0.164 e. The third-order valence-corrected chi connectivity index (χ3v) is 2.52. The normalized spacial score (nSPS) is 9.42. The predicted octanol–water partition coefficient (Wildman–Crippen LogP) is 3.76. The average molecular weight is 256 g/mol. The molecule has 19 heavy (non-hydrogen) atoms. The standard InChI is InChI=1S/C9H11NO.C7H9N/c1-2-4-9(11)8-5-3-6-10-7-8;1-6-3-4-7(2)8-5-6/h3,5-7H,2,4H2,1H3;3-5H,1-2H3. The lowest BCUT2D eigenvalue weighted by atomic mass is 10.1. The monoisotopic (exact) mass is 256 g/mol. The Hall–Kier alpha value is -2.03. The molecule has 2 aromatic heterocycles. The Morgan fingerprint density at radius 1 is 1.16 bits per heavy atom. The Kier molecular flexibility index (Phi) is 6.44. The van der Waals surface area contributed by atoms with Gasteiger partial charge in [-0.1, -0.05) is 13.0 Å². The van der Waals surface area contributed by atoms with Gasteiger partial charge in [-0.2, -0.15) is 0 Å². The Morgan fingerprint density at radius 2 is 1.95 bits per heavy atom. The van der Waals surface area contributed by atoms with Crippen LogP contribution in [0.2, 0.25) is 0 Å². The van der Waals surface area contributed by atoms with Crippen LogP contribution in [0.25, 0.3) is 0 Å². The van der Waals surface area contributed by atoms with Crippen molar-refractivity contribution in [2.45, 2.75) is 33.6 Å². The molecular weight excluding hydrogens is 236 g/mol. The van der Waals surface area contributed by atoms with Crippen molar-refractivity contribution >= 4 is 5.78 Å². The van der Waals surface area contributed by atoms with Crippen molar-refractivity contribution in [3.05, 3.63) is 59.7 Å². The second-order valence-corrected chi connectivity index (χ2v) is 4.39. The number of pyridine rings is 2. The molecule has 0 aliphatic heterocycles. The SMILES string of the molecule is CCCC(=O)c1cccnc1.Cc1ccc(C)nc1. The molecule has 0 spiro atoms. The van der Waals surface area contributed by atoms with Gasteiger partial charge in [0.15, 0.2) is 5.78 Å². The van der Waals surface area contributed by atoms with Crippen LogP contribution in [0, 0.1) is 13.8 Å². The van der Waals surface area contributed by atoms with E-state index in [4.69, 9.17) is 0 Å². The molecule has 2 aromatic rings. The van der Waals surface area contributed by atoms with E-state index in [0.29, 0.717) is 12.0 Å². The first-order valence-electron chi connectivity index (χ1n) is 6.46. The number of aryl methyl sites for hydroxylation is 2. The van der Waals surface area contributed by atoms with Crippen LogP contribution in [-0.2, 0) is 0 Å². The molecule has 0 unspecified atom stereocenters. The Balaban J connectivity index is 0.000000200. The van der Waals surface area contributed by atoms with E-state index in [9.17, 15) is 4.79 Å². The van der Waals surface area contributed by atoms with Crippen molar-refractivity contribution in [1.29, 1.82) is 0 Å². The summed E-state index contributed by atoms with van der Waals surface area (Å²) in [4.78, 5) is 19.2. The van der Waals surface area contributed by atoms with Gasteiger partial charge < -0.3 is 0 Å². The van der Waals surface area contributed by atoms with Gasteiger partial charge in [0.2, 0.25) is 0 Å². The fourth-order valence-corrected chi connectivity index (χ4v) is 1.44. The first-order chi connectivity index (χ1) is 9.13. The number of ketones is 1. The largest absolute Gasteiger partial charge is 0.294 e. The van der Waals surface area contributed by atoms with Crippen LogP contribution in [0.3, 0.4) is 0 Å². The summed E-state index contributed by atoms with van der Waals surface area (Å²) in [7, 11) is 0. The van der Waals surface area contributed by atoms with Crippen LogP contribution >= 0.6 is 0 Å². The molecular formula is C16H20N2O. The second-order valence-electron chi connectivity index (χ2n) is 4.39. The van der Waals surface area contributed by atoms with Crippen LogP contribution in [0.4, 0.5) is 0 Å². The van der Waals surface area contributed by atoms with Crippen molar-refractivity contribution in [2.75, 3.05) is 0 Å².